The van der Waals surface area contributed by atoms with Gasteiger partial charge in [0.05, 0.1) is 18.0 Å². The number of nitrogens with zero attached hydrogens (tertiary/aromatic N) is 2. The monoisotopic (exact) mass is 231 g/mol. The molecule has 1 saturated carbocycles. The normalized spacial score (nSPS) is 30.5. The molecule has 4 nitrogen and oxygen atoms in total. The third-order valence-corrected chi connectivity index (χ3v) is 3.02. The highest BCUT2D eigenvalue weighted by atomic mass is 35.5. The van der Waals surface area contributed by atoms with E-state index in [-0.39, 0.29) is 12.2 Å². The lowest BCUT2D eigenvalue weighted by molar-refractivity contribution is 0.210. The van der Waals surface area contributed by atoms with Crippen molar-refractivity contribution in [1.82, 2.24) is 4.90 Å². The zero-order valence-corrected chi connectivity index (χ0v) is 10.1. The molecule has 0 aliphatic heterocycles. The number of amidine groups is 1. The average molecular weight is 232 g/mol. The first-order valence-electron chi connectivity index (χ1n) is 5.04. The number of aliphatic imine (C=N–C) groups is 1. The Morgan fingerprint density at radius 2 is 2.40 bits per heavy atom. The Bertz CT molecular complexity index is 290. The van der Waals surface area contributed by atoms with Gasteiger partial charge in [-0.05, 0) is 18.9 Å². The Morgan fingerprint density at radius 3 is 2.73 bits per heavy atom. The first-order chi connectivity index (χ1) is 7.08. The van der Waals surface area contributed by atoms with Crippen LogP contribution in [0.15, 0.2) is 16.1 Å². The molecule has 0 bridgehead atoms. The van der Waals surface area contributed by atoms with Crippen molar-refractivity contribution in [1.29, 1.82) is 0 Å². The van der Waals surface area contributed by atoms with E-state index in [1.54, 1.807) is 7.05 Å². The van der Waals surface area contributed by atoms with Crippen LogP contribution < -0.4 is 5.73 Å². The first-order valence-corrected chi connectivity index (χ1v) is 5.47. The Hall–Kier alpha value is -0.580. The van der Waals surface area contributed by atoms with Gasteiger partial charge in [0.1, 0.15) is 6.10 Å². The maximum absolute atomic E-state index is 9.64. The van der Waals surface area contributed by atoms with Crippen LogP contribution in [0.5, 0.6) is 0 Å². The van der Waals surface area contributed by atoms with Crippen molar-refractivity contribution in [3.8, 4) is 0 Å². The van der Waals surface area contributed by atoms with Gasteiger partial charge in [-0.3, -0.25) is 4.99 Å². The third kappa shape index (κ3) is 2.33. The molecule has 0 aromatic rings. The number of halogens is 1. The van der Waals surface area contributed by atoms with E-state index in [4.69, 9.17) is 17.3 Å². The highest BCUT2D eigenvalue weighted by molar-refractivity contribution is 6.26. The lowest BCUT2D eigenvalue weighted by Gasteiger charge is -2.29. The molecule has 0 aromatic carbocycles. The van der Waals surface area contributed by atoms with Crippen LogP contribution in [0.3, 0.4) is 0 Å². The molecule has 5 heteroatoms. The minimum atomic E-state index is -0.503. The molecule has 15 heavy (non-hydrogen) atoms. The summed E-state index contributed by atoms with van der Waals surface area (Å²) < 4.78 is 0. The molecular weight excluding hydrogens is 214 g/mol. The average Bonchev–Trinajstić information content (AvgIpc) is 2.88. The summed E-state index contributed by atoms with van der Waals surface area (Å²) in [5.41, 5.74) is 8.21. The Morgan fingerprint density at radius 1 is 1.80 bits per heavy atom. The van der Waals surface area contributed by atoms with Gasteiger partial charge < -0.3 is 15.7 Å². The van der Waals surface area contributed by atoms with Gasteiger partial charge in [0.2, 0.25) is 0 Å². The summed E-state index contributed by atoms with van der Waals surface area (Å²) in [7, 11) is 1.71. The predicted octanol–water partition coefficient (Wildman–Crippen LogP) is 0.897. The Labute approximate surface area is 95.4 Å². The topological polar surface area (TPSA) is 61.8 Å². The second kappa shape index (κ2) is 4.96. The van der Waals surface area contributed by atoms with Gasteiger partial charge in [-0.25, -0.2) is 0 Å². The molecule has 1 aliphatic rings. The largest absolute Gasteiger partial charge is 0.386 e. The van der Waals surface area contributed by atoms with E-state index in [9.17, 15) is 5.11 Å². The van der Waals surface area contributed by atoms with Gasteiger partial charge in [-0.2, -0.15) is 0 Å². The van der Waals surface area contributed by atoms with Crippen molar-refractivity contribution < 1.29 is 5.11 Å². The van der Waals surface area contributed by atoms with E-state index >= 15 is 0 Å². The van der Waals surface area contributed by atoms with Gasteiger partial charge in [-0.15, -0.1) is 0 Å². The van der Waals surface area contributed by atoms with E-state index in [0.717, 1.165) is 17.8 Å². The highest BCUT2D eigenvalue weighted by Gasteiger charge is 2.48. The fraction of sp³-hybridized carbons (Fsp3) is 0.700. The number of rotatable bonds is 3. The predicted molar refractivity (Wildman–Crippen MR) is 62.9 cm³/mol. The standard InChI is InChI=1S/C10H18ClN3O/c1-4-8(12)14(6(2)13-3)9-7(5-11)10(9)15/h5,8-10,15H,4,12H2,1-3H3. The summed E-state index contributed by atoms with van der Waals surface area (Å²) in [5, 5.41) is 9.64. The van der Waals surface area contributed by atoms with Gasteiger partial charge in [-0.1, -0.05) is 18.5 Å². The van der Waals surface area contributed by atoms with Gasteiger partial charge >= 0.3 is 0 Å². The summed E-state index contributed by atoms with van der Waals surface area (Å²) in [4.78, 5) is 6.02. The second-order valence-corrected chi connectivity index (χ2v) is 3.87. The summed E-state index contributed by atoms with van der Waals surface area (Å²) >= 11 is 5.60. The molecule has 0 aromatic heterocycles. The SMILES string of the molecule is CCC(N)N(C(C)=NC)C1C(=CCl)C1O. The van der Waals surface area contributed by atoms with Gasteiger partial charge in [0, 0.05) is 12.6 Å². The Kier molecular flexibility index (Phi) is 4.13. The first kappa shape index (κ1) is 12.5. The molecular formula is C10H18ClN3O. The van der Waals surface area contributed by atoms with E-state index in [1.165, 1.54) is 5.54 Å². The zero-order chi connectivity index (χ0) is 11.6. The highest BCUT2D eigenvalue weighted by Crippen LogP contribution is 2.37. The van der Waals surface area contributed by atoms with Crippen LogP contribution >= 0.6 is 11.6 Å². The summed E-state index contributed by atoms with van der Waals surface area (Å²) in [6.45, 7) is 3.88. The number of aliphatic hydroxyl groups is 1. The van der Waals surface area contributed by atoms with Crippen molar-refractivity contribution in [2.24, 2.45) is 10.7 Å². The molecule has 0 saturated heterocycles. The molecule has 1 aliphatic carbocycles. The van der Waals surface area contributed by atoms with Crippen molar-refractivity contribution >= 4 is 17.4 Å². The third-order valence-electron chi connectivity index (χ3n) is 2.77. The molecule has 1 rings (SSSR count). The summed E-state index contributed by atoms with van der Waals surface area (Å²) in [5.74, 6) is 0.821. The molecule has 0 spiro atoms. The Balaban J connectivity index is 2.85. The van der Waals surface area contributed by atoms with Crippen molar-refractivity contribution in [3.63, 3.8) is 0 Å². The number of hydrogen-bond donors (Lipinski definition) is 2. The quantitative estimate of drug-likeness (QED) is 0.431. The van der Waals surface area contributed by atoms with Crippen LogP contribution in [0.25, 0.3) is 0 Å². The van der Waals surface area contributed by atoms with Crippen molar-refractivity contribution in [2.75, 3.05) is 7.05 Å². The van der Waals surface area contributed by atoms with E-state index in [1.807, 2.05) is 18.7 Å². The zero-order valence-electron chi connectivity index (χ0n) is 9.31. The summed E-state index contributed by atoms with van der Waals surface area (Å²) in [6, 6.07) is -0.0962. The smallest absolute Gasteiger partial charge is 0.103 e. The molecule has 0 radical (unpaired) electrons. The number of aliphatic hydroxyl groups excluding tert-OH is 1. The second-order valence-electron chi connectivity index (χ2n) is 3.65. The van der Waals surface area contributed by atoms with E-state index in [2.05, 4.69) is 4.99 Å². The molecule has 86 valence electrons. The minimum Gasteiger partial charge on any atom is -0.386 e. The van der Waals surface area contributed by atoms with Crippen molar-refractivity contribution in [3.05, 3.63) is 11.1 Å². The van der Waals surface area contributed by atoms with Crippen LogP contribution in [0.2, 0.25) is 0 Å². The van der Waals surface area contributed by atoms with Crippen LogP contribution in [-0.4, -0.2) is 41.2 Å². The molecule has 0 heterocycles. The number of hydrogen-bond acceptors (Lipinski definition) is 3. The number of nitrogens with two attached hydrogens (primary N) is 1. The van der Waals surface area contributed by atoms with Gasteiger partial charge in [0.25, 0.3) is 0 Å². The lowest BCUT2D eigenvalue weighted by atomic mass is 10.3. The fourth-order valence-electron chi connectivity index (χ4n) is 1.66. The van der Waals surface area contributed by atoms with E-state index < -0.39 is 6.10 Å². The fourth-order valence-corrected chi connectivity index (χ4v) is 1.91. The molecule has 0 amide bonds. The van der Waals surface area contributed by atoms with Crippen LogP contribution in [0.4, 0.5) is 0 Å². The molecule has 3 N–H and O–H groups in total. The van der Waals surface area contributed by atoms with Crippen molar-refractivity contribution in [2.45, 2.75) is 38.6 Å². The van der Waals surface area contributed by atoms with E-state index in [0.29, 0.717) is 0 Å². The molecule has 1 fully saturated rings. The minimum absolute atomic E-state index is 0.0962. The maximum atomic E-state index is 9.64. The molecule has 3 atom stereocenters. The van der Waals surface area contributed by atoms with Gasteiger partial charge in [0.15, 0.2) is 0 Å². The lowest BCUT2D eigenvalue weighted by Crippen LogP contribution is -2.47. The summed E-state index contributed by atoms with van der Waals surface area (Å²) in [6.07, 6.45) is 0.158. The maximum Gasteiger partial charge on any atom is 0.103 e. The van der Waals surface area contributed by atoms with Crippen LogP contribution in [0, 0.1) is 0 Å². The van der Waals surface area contributed by atoms with Crippen LogP contribution in [0.1, 0.15) is 20.3 Å². The van der Waals surface area contributed by atoms with Crippen LogP contribution in [-0.2, 0) is 0 Å². The molecule has 3 unspecified atom stereocenters.